The molecule has 0 unspecified atom stereocenters. The monoisotopic (exact) mass is 368 g/mol. The highest BCUT2D eigenvalue weighted by molar-refractivity contribution is 5.84. The van der Waals surface area contributed by atoms with E-state index in [2.05, 4.69) is 36.4 Å². The Morgan fingerprint density at radius 1 is 1.26 bits per heavy atom. The van der Waals surface area contributed by atoms with E-state index in [1.54, 1.807) is 12.0 Å². The molecule has 3 aliphatic rings. The fourth-order valence-corrected chi connectivity index (χ4v) is 4.79. The fourth-order valence-electron chi connectivity index (χ4n) is 4.79. The zero-order chi connectivity index (χ0) is 18.9. The van der Waals surface area contributed by atoms with Crippen molar-refractivity contribution in [3.63, 3.8) is 0 Å². The molecule has 4 rings (SSSR count). The first kappa shape index (κ1) is 18.2. The summed E-state index contributed by atoms with van der Waals surface area (Å²) in [6, 6.07) is 8.60. The Bertz CT molecular complexity index is 750. The molecule has 2 fully saturated rings. The Morgan fingerprint density at radius 2 is 2.04 bits per heavy atom. The number of carbonyl (C=O) groups is 2. The number of benzene rings is 1. The van der Waals surface area contributed by atoms with Gasteiger partial charge in [-0.3, -0.25) is 9.59 Å². The Hall–Kier alpha value is -2.14. The molecule has 0 aromatic heterocycles. The first-order chi connectivity index (χ1) is 13.1. The molecule has 2 heterocycles. The maximum Gasteiger partial charge on any atom is 0.227 e. The van der Waals surface area contributed by atoms with Gasteiger partial charge >= 0.3 is 0 Å². The van der Waals surface area contributed by atoms with Crippen molar-refractivity contribution in [3.8, 4) is 0 Å². The molecule has 0 radical (unpaired) electrons. The van der Waals surface area contributed by atoms with Gasteiger partial charge < -0.3 is 14.5 Å². The second-order valence-corrected chi connectivity index (χ2v) is 7.97. The molecule has 27 heavy (non-hydrogen) atoms. The summed E-state index contributed by atoms with van der Waals surface area (Å²) >= 11 is 0. The quantitative estimate of drug-likeness (QED) is 0.820. The van der Waals surface area contributed by atoms with Crippen LogP contribution in [0.3, 0.4) is 0 Å². The van der Waals surface area contributed by atoms with Gasteiger partial charge in [0.1, 0.15) is 0 Å². The van der Waals surface area contributed by atoms with Crippen molar-refractivity contribution >= 4 is 17.9 Å². The maximum atomic E-state index is 13.1. The number of ether oxygens (including phenoxy) is 1. The molecule has 1 aromatic carbocycles. The number of hydrogen-bond acceptors (Lipinski definition) is 3. The number of piperidine rings is 2. The Kier molecular flexibility index (Phi) is 5.04. The molecule has 5 nitrogen and oxygen atoms in total. The number of allylic oxidation sites excluding steroid dienone is 1. The largest absolute Gasteiger partial charge is 0.383 e. The van der Waals surface area contributed by atoms with E-state index in [9.17, 15) is 9.59 Å². The van der Waals surface area contributed by atoms with Crippen LogP contribution in [0.25, 0.3) is 6.08 Å². The average Bonchev–Trinajstić information content (AvgIpc) is 3.06. The van der Waals surface area contributed by atoms with Crippen LogP contribution >= 0.6 is 0 Å². The van der Waals surface area contributed by atoms with Gasteiger partial charge in [0.05, 0.1) is 12.5 Å². The number of carbonyl (C=O) groups excluding carboxylic acids is 2. The van der Waals surface area contributed by atoms with Crippen molar-refractivity contribution in [1.29, 1.82) is 0 Å². The number of rotatable bonds is 4. The van der Waals surface area contributed by atoms with Gasteiger partial charge in [0.15, 0.2) is 0 Å². The first-order valence-electron chi connectivity index (χ1n) is 9.97. The lowest BCUT2D eigenvalue weighted by atomic mass is 9.74. The maximum absolute atomic E-state index is 13.1. The van der Waals surface area contributed by atoms with E-state index < -0.39 is 0 Å². The minimum Gasteiger partial charge on any atom is -0.383 e. The highest BCUT2D eigenvalue weighted by atomic mass is 16.5. The average molecular weight is 368 g/mol. The van der Waals surface area contributed by atoms with E-state index in [-0.39, 0.29) is 23.1 Å². The third kappa shape index (κ3) is 3.41. The van der Waals surface area contributed by atoms with Gasteiger partial charge in [0.25, 0.3) is 0 Å². The van der Waals surface area contributed by atoms with E-state index in [1.807, 2.05) is 4.90 Å². The summed E-state index contributed by atoms with van der Waals surface area (Å²) < 4.78 is 5.09. The zero-order valence-electron chi connectivity index (χ0n) is 16.0. The molecule has 5 heteroatoms. The minimum absolute atomic E-state index is 0.0694. The van der Waals surface area contributed by atoms with Crippen LogP contribution in [-0.4, -0.2) is 61.5 Å². The van der Waals surface area contributed by atoms with Crippen LogP contribution in [0.4, 0.5) is 0 Å². The summed E-state index contributed by atoms with van der Waals surface area (Å²) in [5.41, 5.74) is 2.82. The molecular formula is C22H28N2O3. The lowest BCUT2D eigenvalue weighted by molar-refractivity contribution is -0.144. The highest BCUT2D eigenvalue weighted by Crippen LogP contribution is 2.43. The molecular weight excluding hydrogens is 340 g/mol. The molecule has 0 N–H and O–H groups in total. The molecule has 0 bridgehead atoms. The van der Waals surface area contributed by atoms with Crippen molar-refractivity contribution in [2.75, 3.05) is 39.9 Å². The van der Waals surface area contributed by atoms with Crippen molar-refractivity contribution in [2.24, 2.45) is 5.92 Å². The second-order valence-electron chi connectivity index (χ2n) is 7.97. The number of likely N-dealkylation sites (tertiary alicyclic amines) is 2. The van der Waals surface area contributed by atoms with Crippen LogP contribution in [0, 0.1) is 5.92 Å². The van der Waals surface area contributed by atoms with E-state index >= 15 is 0 Å². The minimum atomic E-state index is -0.0694. The van der Waals surface area contributed by atoms with Gasteiger partial charge in [-0.2, -0.15) is 0 Å². The summed E-state index contributed by atoms with van der Waals surface area (Å²) in [7, 11) is 1.64. The van der Waals surface area contributed by atoms with Crippen LogP contribution in [0.15, 0.2) is 30.3 Å². The van der Waals surface area contributed by atoms with E-state index in [0.717, 1.165) is 25.9 Å². The predicted octanol–water partition coefficient (Wildman–Crippen LogP) is 2.46. The van der Waals surface area contributed by atoms with Crippen molar-refractivity contribution < 1.29 is 14.3 Å². The van der Waals surface area contributed by atoms with Crippen LogP contribution in [0.5, 0.6) is 0 Å². The molecule has 2 aliphatic heterocycles. The van der Waals surface area contributed by atoms with Gasteiger partial charge in [0, 0.05) is 45.1 Å². The SMILES string of the molecule is COCCN1C[C@H](C(=O)N2CCC3(C=Cc4ccccc43)CC2)CCC1=O. The highest BCUT2D eigenvalue weighted by Gasteiger charge is 2.40. The molecule has 2 saturated heterocycles. The van der Waals surface area contributed by atoms with Crippen LogP contribution < -0.4 is 0 Å². The molecule has 0 saturated carbocycles. The lowest BCUT2D eigenvalue weighted by Crippen LogP contribution is -2.51. The fraction of sp³-hybridized carbons (Fsp3) is 0.545. The molecule has 1 atom stereocenters. The van der Waals surface area contributed by atoms with Crippen LogP contribution in [-0.2, 0) is 19.7 Å². The Balaban J connectivity index is 1.38. The summed E-state index contributed by atoms with van der Waals surface area (Å²) in [6.45, 7) is 3.21. The second kappa shape index (κ2) is 7.47. The third-order valence-corrected chi connectivity index (χ3v) is 6.46. The van der Waals surface area contributed by atoms with E-state index in [4.69, 9.17) is 4.74 Å². The Labute approximate surface area is 161 Å². The van der Waals surface area contributed by atoms with E-state index in [0.29, 0.717) is 32.5 Å². The van der Waals surface area contributed by atoms with Gasteiger partial charge in [-0.15, -0.1) is 0 Å². The number of methoxy groups -OCH3 is 1. The van der Waals surface area contributed by atoms with Crippen LogP contribution in [0.1, 0.15) is 36.8 Å². The topological polar surface area (TPSA) is 49.9 Å². The van der Waals surface area contributed by atoms with E-state index in [1.165, 1.54) is 11.1 Å². The smallest absolute Gasteiger partial charge is 0.227 e. The van der Waals surface area contributed by atoms with Crippen molar-refractivity contribution in [3.05, 3.63) is 41.5 Å². The summed E-state index contributed by atoms with van der Waals surface area (Å²) in [5, 5.41) is 0. The van der Waals surface area contributed by atoms with Crippen LogP contribution in [0.2, 0.25) is 0 Å². The zero-order valence-corrected chi connectivity index (χ0v) is 16.0. The third-order valence-electron chi connectivity index (χ3n) is 6.46. The lowest BCUT2D eigenvalue weighted by Gasteiger charge is -2.41. The number of hydrogen-bond donors (Lipinski definition) is 0. The van der Waals surface area contributed by atoms with Gasteiger partial charge in [-0.05, 0) is 30.4 Å². The standard InChI is InChI=1S/C22H28N2O3/c1-27-15-14-24-16-18(6-7-20(24)25)21(26)23-12-10-22(11-13-23)9-8-17-4-2-3-5-19(17)22/h2-5,8-9,18H,6-7,10-16H2,1H3/t18-/m1/s1. The summed E-state index contributed by atoms with van der Waals surface area (Å²) in [6.07, 6.45) is 7.66. The number of amides is 2. The Morgan fingerprint density at radius 3 is 2.81 bits per heavy atom. The first-order valence-corrected chi connectivity index (χ1v) is 9.97. The van der Waals surface area contributed by atoms with Crippen molar-refractivity contribution in [1.82, 2.24) is 9.80 Å². The van der Waals surface area contributed by atoms with Gasteiger partial charge in [0.2, 0.25) is 11.8 Å². The molecule has 144 valence electrons. The molecule has 1 spiro atoms. The summed E-state index contributed by atoms with van der Waals surface area (Å²) in [4.78, 5) is 28.9. The molecule has 1 aliphatic carbocycles. The molecule has 2 amide bonds. The summed E-state index contributed by atoms with van der Waals surface area (Å²) in [5.74, 6) is 0.288. The number of nitrogens with zero attached hydrogens (tertiary/aromatic N) is 2. The van der Waals surface area contributed by atoms with Gasteiger partial charge in [-0.1, -0.05) is 36.4 Å². The molecule has 1 aromatic rings. The predicted molar refractivity (Wildman–Crippen MR) is 104 cm³/mol. The van der Waals surface area contributed by atoms with Crippen molar-refractivity contribution in [2.45, 2.75) is 31.1 Å². The normalized spacial score (nSPS) is 23.7. The number of fused-ring (bicyclic) bond motifs is 2. The van der Waals surface area contributed by atoms with Gasteiger partial charge in [-0.25, -0.2) is 0 Å².